The van der Waals surface area contributed by atoms with Crippen molar-refractivity contribution in [2.24, 2.45) is 11.5 Å². The third-order valence-corrected chi connectivity index (χ3v) is 2.61. The third-order valence-electron chi connectivity index (χ3n) is 2.61. The normalized spacial score (nSPS) is 15.3. The van der Waals surface area contributed by atoms with Crippen LogP contribution >= 0.6 is 0 Å². The van der Waals surface area contributed by atoms with Gasteiger partial charge in [-0.05, 0) is 12.8 Å². The van der Waals surface area contributed by atoms with Gasteiger partial charge in [0.25, 0.3) is 0 Å². The van der Waals surface area contributed by atoms with E-state index in [2.05, 4.69) is 0 Å². The third kappa shape index (κ3) is 5.02. The number of hydrogen-bond acceptors (Lipinski definition) is 6. The van der Waals surface area contributed by atoms with Crippen LogP contribution in [0, 0.1) is 0 Å². The van der Waals surface area contributed by atoms with Gasteiger partial charge in [0.15, 0.2) is 11.3 Å². The molecule has 0 spiro atoms. The van der Waals surface area contributed by atoms with Crippen molar-refractivity contribution in [3.8, 4) is 0 Å². The molecule has 0 aromatic rings. The summed E-state index contributed by atoms with van der Waals surface area (Å²) in [5.41, 5.74) is 8.23. The molecule has 9 nitrogen and oxygen atoms in total. The highest BCUT2D eigenvalue weighted by molar-refractivity contribution is 6.07. The van der Waals surface area contributed by atoms with Crippen molar-refractivity contribution >= 4 is 23.7 Å². The second-order valence-electron chi connectivity index (χ2n) is 4.08. The van der Waals surface area contributed by atoms with Gasteiger partial charge in [0.1, 0.15) is 6.04 Å². The van der Waals surface area contributed by atoms with E-state index in [0.29, 0.717) is 0 Å². The summed E-state index contributed by atoms with van der Waals surface area (Å²) in [5.74, 6) is -5.21. The lowest BCUT2D eigenvalue weighted by Crippen LogP contribution is -2.55. The maximum Gasteiger partial charge on any atom is 0.331 e. The molecule has 0 amide bonds. The van der Waals surface area contributed by atoms with Gasteiger partial charge in [-0.25, -0.2) is 4.79 Å². The van der Waals surface area contributed by atoms with Crippen LogP contribution in [0.25, 0.3) is 0 Å². The second-order valence-corrected chi connectivity index (χ2v) is 4.08. The maximum atomic E-state index is 11.7. The van der Waals surface area contributed by atoms with Gasteiger partial charge in [-0.1, -0.05) is 0 Å². The van der Waals surface area contributed by atoms with Crippen LogP contribution in [0.2, 0.25) is 0 Å². The summed E-state index contributed by atoms with van der Waals surface area (Å²) in [6, 6.07) is -1.30. The van der Waals surface area contributed by atoms with Crippen molar-refractivity contribution in [1.29, 1.82) is 0 Å². The zero-order valence-corrected chi connectivity index (χ0v) is 10.0. The molecule has 0 heterocycles. The molecule has 108 valence electrons. The van der Waals surface area contributed by atoms with Gasteiger partial charge in [0, 0.05) is 12.8 Å². The topological polar surface area (TPSA) is 181 Å². The fourth-order valence-corrected chi connectivity index (χ4v) is 1.30. The molecule has 19 heavy (non-hydrogen) atoms. The number of carbonyl (C=O) groups is 4. The van der Waals surface area contributed by atoms with Crippen molar-refractivity contribution in [3.63, 3.8) is 0 Å². The largest absolute Gasteiger partial charge is 0.481 e. The summed E-state index contributed by atoms with van der Waals surface area (Å²) < 4.78 is 0. The molecule has 0 aliphatic rings. The van der Waals surface area contributed by atoms with Crippen LogP contribution in [0.15, 0.2) is 0 Å². The van der Waals surface area contributed by atoms with Crippen LogP contribution in [-0.4, -0.2) is 50.6 Å². The molecule has 7 N–H and O–H groups in total. The van der Waals surface area contributed by atoms with Gasteiger partial charge in [-0.15, -0.1) is 0 Å². The fraction of sp³-hybridized carbons (Fsp3) is 0.600. The SMILES string of the molecule is N[C@@H](CCC(=O)[C@](N)(CCC(=O)O)C(=O)O)C(=O)O. The van der Waals surface area contributed by atoms with Gasteiger partial charge in [-0.3, -0.25) is 14.4 Å². The predicted octanol–water partition coefficient (Wildman–Crippen LogP) is -1.61. The fourth-order valence-electron chi connectivity index (χ4n) is 1.30. The van der Waals surface area contributed by atoms with Crippen molar-refractivity contribution in [2.75, 3.05) is 0 Å². The van der Waals surface area contributed by atoms with Gasteiger partial charge in [0.05, 0.1) is 0 Å². The maximum absolute atomic E-state index is 11.7. The number of ketones is 1. The second kappa shape index (κ2) is 6.81. The summed E-state index contributed by atoms with van der Waals surface area (Å²) in [5, 5.41) is 25.9. The van der Waals surface area contributed by atoms with Crippen LogP contribution in [0.4, 0.5) is 0 Å². The lowest BCUT2D eigenvalue weighted by molar-refractivity contribution is -0.149. The van der Waals surface area contributed by atoms with Crippen molar-refractivity contribution < 1.29 is 34.5 Å². The van der Waals surface area contributed by atoms with Gasteiger partial charge in [-0.2, -0.15) is 0 Å². The minimum absolute atomic E-state index is 0.270. The number of Topliss-reactive ketones (excluding diaryl/α,β-unsaturated/α-hetero) is 1. The van der Waals surface area contributed by atoms with Crippen LogP contribution in [-0.2, 0) is 19.2 Å². The van der Waals surface area contributed by atoms with E-state index in [0.717, 1.165) is 0 Å². The molecular weight excluding hydrogens is 260 g/mol. The summed E-state index contributed by atoms with van der Waals surface area (Å²) in [6.45, 7) is 0. The number of aliphatic carboxylic acids is 3. The first-order valence-corrected chi connectivity index (χ1v) is 5.37. The van der Waals surface area contributed by atoms with E-state index in [9.17, 15) is 19.2 Å². The summed E-state index contributed by atoms with van der Waals surface area (Å²) in [7, 11) is 0. The highest BCUT2D eigenvalue weighted by Crippen LogP contribution is 2.15. The molecular formula is C10H16N2O7. The number of carboxylic acid groups (broad SMARTS) is 3. The number of carbonyl (C=O) groups excluding carboxylic acids is 1. The van der Waals surface area contributed by atoms with E-state index in [-0.39, 0.29) is 6.42 Å². The van der Waals surface area contributed by atoms with Crippen LogP contribution in [0.1, 0.15) is 25.7 Å². The Morgan fingerprint density at radius 2 is 1.58 bits per heavy atom. The Morgan fingerprint density at radius 1 is 1.05 bits per heavy atom. The Kier molecular flexibility index (Phi) is 6.09. The molecule has 0 fully saturated rings. The number of rotatable bonds is 9. The molecule has 0 rings (SSSR count). The zero-order valence-electron chi connectivity index (χ0n) is 10.0. The minimum atomic E-state index is -2.34. The highest BCUT2D eigenvalue weighted by Gasteiger charge is 2.41. The molecule has 0 aliphatic heterocycles. The van der Waals surface area contributed by atoms with Crippen molar-refractivity contribution in [1.82, 2.24) is 0 Å². The smallest absolute Gasteiger partial charge is 0.331 e. The molecule has 0 aromatic heterocycles. The molecule has 2 atom stereocenters. The van der Waals surface area contributed by atoms with Gasteiger partial charge >= 0.3 is 17.9 Å². The van der Waals surface area contributed by atoms with E-state index in [1.165, 1.54) is 0 Å². The molecule has 0 aromatic carbocycles. The number of carboxylic acids is 3. The molecule has 0 saturated carbocycles. The van der Waals surface area contributed by atoms with E-state index in [4.69, 9.17) is 26.8 Å². The Bertz CT molecular complexity index is 395. The van der Waals surface area contributed by atoms with Gasteiger partial charge < -0.3 is 26.8 Å². The Morgan fingerprint density at radius 3 is 1.95 bits per heavy atom. The number of nitrogens with two attached hydrogens (primary N) is 2. The van der Waals surface area contributed by atoms with Crippen molar-refractivity contribution in [2.45, 2.75) is 37.3 Å². The summed E-state index contributed by atoms with van der Waals surface area (Å²) >= 11 is 0. The van der Waals surface area contributed by atoms with Crippen LogP contribution < -0.4 is 11.5 Å². The van der Waals surface area contributed by atoms with Crippen molar-refractivity contribution in [3.05, 3.63) is 0 Å². The first-order chi connectivity index (χ1) is 8.61. The molecule has 0 radical (unpaired) electrons. The molecule has 0 unspecified atom stereocenters. The van der Waals surface area contributed by atoms with Gasteiger partial charge in [0.2, 0.25) is 0 Å². The molecule has 0 saturated heterocycles. The average molecular weight is 276 g/mol. The van der Waals surface area contributed by atoms with Crippen LogP contribution in [0.5, 0.6) is 0 Å². The monoisotopic (exact) mass is 276 g/mol. The quantitative estimate of drug-likeness (QED) is 0.309. The molecule has 0 aliphatic carbocycles. The summed E-state index contributed by atoms with van der Waals surface area (Å²) in [4.78, 5) is 43.5. The van der Waals surface area contributed by atoms with E-state index in [1.807, 2.05) is 0 Å². The molecule has 9 heteroatoms. The Hall–Kier alpha value is -2.00. The standard InChI is InChI=1S/C10H16N2O7/c11-5(8(16)17)1-2-6(13)10(12,9(18)19)4-3-7(14)15/h5H,1-4,11-12H2,(H,14,15)(H,16,17)(H,18,19)/t5-,10+/m0/s1. The number of hydrogen-bond donors (Lipinski definition) is 5. The van der Waals surface area contributed by atoms with E-state index in [1.54, 1.807) is 0 Å². The Balaban J connectivity index is 4.70. The van der Waals surface area contributed by atoms with Crippen LogP contribution in [0.3, 0.4) is 0 Å². The zero-order chi connectivity index (χ0) is 15.2. The lowest BCUT2D eigenvalue weighted by atomic mass is 9.86. The minimum Gasteiger partial charge on any atom is -0.481 e. The average Bonchev–Trinajstić information content (AvgIpc) is 2.31. The molecule has 0 bridgehead atoms. The summed E-state index contributed by atoms with van der Waals surface area (Å²) in [6.07, 6.45) is -1.87. The van der Waals surface area contributed by atoms with E-state index >= 15 is 0 Å². The first-order valence-electron chi connectivity index (χ1n) is 5.37. The lowest BCUT2D eigenvalue weighted by Gasteiger charge is -2.22. The Labute approximate surface area is 108 Å². The first kappa shape index (κ1) is 17.0. The van der Waals surface area contributed by atoms with E-state index < -0.39 is 54.5 Å². The predicted molar refractivity (Wildman–Crippen MR) is 61.3 cm³/mol. The highest BCUT2D eigenvalue weighted by atomic mass is 16.4.